The summed E-state index contributed by atoms with van der Waals surface area (Å²) in [6.45, 7) is 7.59. The summed E-state index contributed by atoms with van der Waals surface area (Å²) in [5.41, 5.74) is 0.818. The number of primary sulfonamides is 1. The highest BCUT2D eigenvalue weighted by atomic mass is 32.2. The molecule has 2 aliphatic rings. The van der Waals surface area contributed by atoms with Crippen LogP contribution in [0.5, 0.6) is 0 Å². The maximum atomic E-state index is 13.0. The lowest BCUT2D eigenvalue weighted by Crippen LogP contribution is -2.49. The van der Waals surface area contributed by atoms with Gasteiger partial charge in [0.2, 0.25) is 10.0 Å². The average molecular weight is 367 g/mol. The van der Waals surface area contributed by atoms with Crippen LogP contribution in [0.4, 0.5) is 0 Å². The first-order valence-electron chi connectivity index (χ1n) is 8.56. The van der Waals surface area contributed by atoms with Crippen molar-refractivity contribution >= 4 is 15.9 Å². The van der Waals surface area contributed by atoms with E-state index >= 15 is 0 Å². The first kappa shape index (κ1) is 18.3. The van der Waals surface area contributed by atoms with Crippen molar-refractivity contribution in [1.29, 1.82) is 0 Å². The molecular weight excluding hydrogens is 342 g/mol. The molecule has 138 valence electrons. The number of amides is 1. The minimum atomic E-state index is -3.85. The molecule has 0 radical (unpaired) electrons. The van der Waals surface area contributed by atoms with Crippen LogP contribution in [0.25, 0.3) is 0 Å². The molecule has 1 aromatic carbocycles. The van der Waals surface area contributed by atoms with Gasteiger partial charge in [0.1, 0.15) is 0 Å². The minimum absolute atomic E-state index is 0.00919. The highest BCUT2D eigenvalue weighted by Crippen LogP contribution is 2.27. The zero-order valence-corrected chi connectivity index (χ0v) is 15.5. The molecule has 2 fully saturated rings. The molecule has 2 saturated heterocycles. The van der Waals surface area contributed by atoms with Gasteiger partial charge in [0, 0.05) is 37.3 Å². The SMILES string of the molecule is Cc1c(C(=O)N2CC[C@@H](N3CCOCC3)[C@H]2C)cccc1S(N)(=O)=O. The van der Waals surface area contributed by atoms with Crippen LogP contribution in [-0.2, 0) is 14.8 Å². The number of nitrogens with two attached hydrogens (primary N) is 1. The predicted octanol–water partition coefficient (Wildman–Crippen LogP) is 0.578. The summed E-state index contributed by atoms with van der Waals surface area (Å²) in [7, 11) is -3.85. The van der Waals surface area contributed by atoms with E-state index in [1.165, 1.54) is 6.07 Å². The van der Waals surface area contributed by atoms with Gasteiger partial charge in [0.15, 0.2) is 0 Å². The van der Waals surface area contributed by atoms with Gasteiger partial charge >= 0.3 is 0 Å². The standard InChI is InChI=1S/C17H25N3O4S/c1-12-14(4-3-5-16(12)25(18,22)23)17(21)20-7-6-15(13(20)2)19-8-10-24-11-9-19/h3-5,13,15H,6-11H2,1-2H3,(H2,18,22,23)/t13-,15-/m1/s1. The van der Waals surface area contributed by atoms with Gasteiger partial charge in [-0.25, -0.2) is 13.6 Å². The smallest absolute Gasteiger partial charge is 0.254 e. The molecule has 0 saturated carbocycles. The Hall–Kier alpha value is -1.48. The number of rotatable bonds is 3. The second kappa shape index (κ2) is 7.03. The van der Waals surface area contributed by atoms with Gasteiger partial charge in [-0.1, -0.05) is 6.07 Å². The van der Waals surface area contributed by atoms with E-state index in [-0.39, 0.29) is 16.8 Å². The zero-order valence-electron chi connectivity index (χ0n) is 14.6. The molecule has 1 amide bonds. The minimum Gasteiger partial charge on any atom is -0.379 e. The van der Waals surface area contributed by atoms with Crippen molar-refractivity contribution in [2.45, 2.75) is 37.2 Å². The van der Waals surface area contributed by atoms with Crippen molar-refractivity contribution in [1.82, 2.24) is 9.80 Å². The summed E-state index contributed by atoms with van der Waals surface area (Å²) in [6.07, 6.45) is 0.917. The Morgan fingerprint density at radius 3 is 2.56 bits per heavy atom. The fraction of sp³-hybridized carbons (Fsp3) is 0.588. The number of likely N-dealkylation sites (tertiary alicyclic amines) is 1. The lowest BCUT2D eigenvalue weighted by molar-refractivity contribution is 0.0104. The predicted molar refractivity (Wildman–Crippen MR) is 93.8 cm³/mol. The van der Waals surface area contributed by atoms with Gasteiger partial charge in [-0.2, -0.15) is 0 Å². The monoisotopic (exact) mass is 367 g/mol. The maximum Gasteiger partial charge on any atom is 0.254 e. The fourth-order valence-corrected chi connectivity index (χ4v) is 4.72. The Kier molecular flexibility index (Phi) is 5.15. The first-order valence-corrected chi connectivity index (χ1v) is 10.1. The van der Waals surface area contributed by atoms with E-state index in [0.29, 0.717) is 23.7 Å². The molecule has 0 aromatic heterocycles. The van der Waals surface area contributed by atoms with Gasteiger partial charge < -0.3 is 9.64 Å². The molecule has 7 nitrogen and oxygen atoms in total. The average Bonchev–Trinajstić information content (AvgIpc) is 2.96. The molecule has 1 aromatic rings. The topological polar surface area (TPSA) is 92.9 Å². The van der Waals surface area contributed by atoms with Crippen LogP contribution in [-0.4, -0.2) is 69.1 Å². The normalized spacial score (nSPS) is 25.3. The van der Waals surface area contributed by atoms with Crippen LogP contribution < -0.4 is 5.14 Å². The Balaban J connectivity index is 1.82. The van der Waals surface area contributed by atoms with Crippen LogP contribution in [0, 0.1) is 6.92 Å². The molecule has 0 aliphatic carbocycles. The number of ether oxygens (including phenoxy) is 1. The Morgan fingerprint density at radius 1 is 1.24 bits per heavy atom. The zero-order chi connectivity index (χ0) is 18.2. The molecule has 3 rings (SSSR count). The number of hydrogen-bond acceptors (Lipinski definition) is 5. The molecular formula is C17H25N3O4S. The third-order valence-corrected chi connectivity index (χ3v) is 6.37. The molecule has 0 unspecified atom stereocenters. The van der Waals surface area contributed by atoms with Gasteiger partial charge in [0.05, 0.1) is 18.1 Å². The van der Waals surface area contributed by atoms with Crippen molar-refractivity contribution in [3.05, 3.63) is 29.3 Å². The number of morpholine rings is 1. The Labute approximate surface area is 148 Å². The van der Waals surface area contributed by atoms with Crippen molar-refractivity contribution in [3.8, 4) is 0 Å². The summed E-state index contributed by atoms with van der Waals surface area (Å²) < 4.78 is 28.8. The van der Waals surface area contributed by atoms with Crippen molar-refractivity contribution in [2.75, 3.05) is 32.8 Å². The molecule has 2 aliphatic heterocycles. The molecule has 0 spiro atoms. The lowest BCUT2D eigenvalue weighted by Gasteiger charge is -2.35. The van der Waals surface area contributed by atoms with E-state index < -0.39 is 10.0 Å². The number of sulfonamides is 1. The van der Waals surface area contributed by atoms with E-state index in [1.807, 2.05) is 4.90 Å². The largest absolute Gasteiger partial charge is 0.379 e. The quantitative estimate of drug-likeness (QED) is 0.843. The number of benzene rings is 1. The van der Waals surface area contributed by atoms with Crippen LogP contribution in [0.1, 0.15) is 29.3 Å². The second-order valence-corrected chi connectivity index (χ2v) is 8.25. The third kappa shape index (κ3) is 3.57. The van der Waals surface area contributed by atoms with Crippen molar-refractivity contribution in [3.63, 3.8) is 0 Å². The number of carbonyl (C=O) groups excluding carboxylic acids is 1. The van der Waals surface area contributed by atoms with E-state index in [0.717, 1.165) is 32.7 Å². The Bertz CT molecular complexity index is 759. The van der Waals surface area contributed by atoms with E-state index in [9.17, 15) is 13.2 Å². The van der Waals surface area contributed by atoms with E-state index in [1.54, 1.807) is 19.1 Å². The number of carbonyl (C=O) groups is 1. The molecule has 2 N–H and O–H groups in total. The van der Waals surface area contributed by atoms with Crippen LogP contribution in [0.3, 0.4) is 0 Å². The number of hydrogen-bond donors (Lipinski definition) is 1. The summed E-state index contributed by atoms with van der Waals surface area (Å²) in [6, 6.07) is 5.06. The molecule has 2 heterocycles. The molecule has 8 heteroatoms. The molecule has 0 bridgehead atoms. The Morgan fingerprint density at radius 2 is 1.92 bits per heavy atom. The van der Waals surface area contributed by atoms with Crippen LogP contribution in [0.2, 0.25) is 0 Å². The van der Waals surface area contributed by atoms with Crippen molar-refractivity contribution in [2.24, 2.45) is 5.14 Å². The second-order valence-electron chi connectivity index (χ2n) is 6.72. The van der Waals surface area contributed by atoms with Crippen LogP contribution >= 0.6 is 0 Å². The first-order chi connectivity index (χ1) is 11.8. The number of nitrogens with zero attached hydrogens (tertiary/aromatic N) is 2. The van der Waals surface area contributed by atoms with E-state index in [2.05, 4.69) is 11.8 Å². The fourth-order valence-electron chi connectivity index (χ4n) is 3.92. The van der Waals surface area contributed by atoms with Gasteiger partial charge in [-0.15, -0.1) is 0 Å². The maximum absolute atomic E-state index is 13.0. The van der Waals surface area contributed by atoms with Crippen molar-refractivity contribution < 1.29 is 17.9 Å². The van der Waals surface area contributed by atoms with Crippen LogP contribution in [0.15, 0.2) is 23.1 Å². The summed E-state index contributed by atoms with van der Waals surface area (Å²) in [5.74, 6) is -0.133. The lowest BCUT2D eigenvalue weighted by atomic mass is 10.1. The van der Waals surface area contributed by atoms with Gasteiger partial charge in [-0.3, -0.25) is 9.69 Å². The summed E-state index contributed by atoms with van der Waals surface area (Å²) in [4.78, 5) is 17.3. The third-order valence-electron chi connectivity index (χ3n) is 5.31. The highest BCUT2D eigenvalue weighted by molar-refractivity contribution is 7.89. The molecule has 2 atom stereocenters. The summed E-state index contributed by atoms with van der Waals surface area (Å²) >= 11 is 0. The summed E-state index contributed by atoms with van der Waals surface area (Å²) in [5, 5.41) is 5.26. The van der Waals surface area contributed by atoms with E-state index in [4.69, 9.17) is 9.88 Å². The highest BCUT2D eigenvalue weighted by Gasteiger charge is 2.38. The van der Waals surface area contributed by atoms with Gasteiger partial charge in [0.25, 0.3) is 5.91 Å². The van der Waals surface area contributed by atoms with Gasteiger partial charge in [-0.05, 0) is 38.0 Å². The molecule has 25 heavy (non-hydrogen) atoms.